The zero-order chi connectivity index (χ0) is 9.03. The van der Waals surface area contributed by atoms with Gasteiger partial charge in [0.1, 0.15) is 0 Å². The van der Waals surface area contributed by atoms with Crippen LogP contribution in [0.1, 0.15) is 39.5 Å². The van der Waals surface area contributed by atoms with Gasteiger partial charge in [0.15, 0.2) is 0 Å². The lowest BCUT2D eigenvalue weighted by atomic mass is 9.78. The molecule has 0 radical (unpaired) electrons. The van der Waals surface area contributed by atoms with Gasteiger partial charge in [0, 0.05) is 17.9 Å². The van der Waals surface area contributed by atoms with Crippen LogP contribution in [-0.2, 0) is 4.74 Å². The topological polar surface area (TPSA) is 9.23 Å². The fraction of sp³-hybridized carbons (Fsp3) is 1.00. The van der Waals surface area contributed by atoms with Gasteiger partial charge in [-0.2, -0.15) is 0 Å². The Morgan fingerprint density at radius 3 is 2.42 bits per heavy atom. The lowest BCUT2D eigenvalue weighted by Gasteiger charge is -2.34. The Hall–Kier alpha value is 0.250. The van der Waals surface area contributed by atoms with Crippen molar-refractivity contribution in [1.29, 1.82) is 0 Å². The van der Waals surface area contributed by atoms with E-state index in [1.807, 2.05) is 0 Å². The summed E-state index contributed by atoms with van der Waals surface area (Å²) in [7, 11) is 0. The molecule has 1 fully saturated rings. The van der Waals surface area contributed by atoms with E-state index in [1.165, 1.54) is 12.8 Å². The van der Waals surface area contributed by atoms with Gasteiger partial charge >= 0.3 is 0 Å². The molecule has 1 atom stereocenters. The smallest absolute Gasteiger partial charge is 0.0643 e. The van der Waals surface area contributed by atoms with Crippen molar-refractivity contribution in [2.75, 3.05) is 12.5 Å². The summed E-state index contributed by atoms with van der Waals surface area (Å²) in [5.74, 6) is 0.741. The normalized spacial score (nSPS) is 24.8. The summed E-state index contributed by atoms with van der Waals surface area (Å²) in [6.45, 7) is 5.37. The van der Waals surface area contributed by atoms with Crippen LogP contribution in [0.4, 0.5) is 0 Å². The molecule has 0 aromatic carbocycles. The number of alkyl halides is 1. The highest BCUT2D eigenvalue weighted by molar-refractivity contribution is 6.18. The molecule has 0 saturated carbocycles. The van der Waals surface area contributed by atoms with Gasteiger partial charge in [0.05, 0.1) is 6.10 Å². The quantitative estimate of drug-likeness (QED) is 0.619. The second kappa shape index (κ2) is 4.48. The average Bonchev–Trinajstić information content (AvgIpc) is 2.62. The summed E-state index contributed by atoms with van der Waals surface area (Å²) in [6.07, 6.45) is 5.11. The summed E-state index contributed by atoms with van der Waals surface area (Å²) in [5.41, 5.74) is 0.248. The minimum absolute atomic E-state index is 0.248. The molecule has 12 heavy (non-hydrogen) atoms. The first kappa shape index (κ1) is 10.3. The molecule has 1 saturated heterocycles. The van der Waals surface area contributed by atoms with Crippen LogP contribution in [0.3, 0.4) is 0 Å². The van der Waals surface area contributed by atoms with Crippen molar-refractivity contribution >= 4 is 11.6 Å². The highest BCUT2D eigenvalue weighted by atomic mass is 35.5. The van der Waals surface area contributed by atoms with E-state index in [0.29, 0.717) is 6.10 Å². The maximum Gasteiger partial charge on any atom is 0.0643 e. The summed E-state index contributed by atoms with van der Waals surface area (Å²) in [6, 6.07) is 0. The second-order valence-electron chi connectivity index (χ2n) is 3.70. The Balaban J connectivity index is 2.61. The molecule has 72 valence electrons. The van der Waals surface area contributed by atoms with Crippen LogP contribution >= 0.6 is 11.6 Å². The fourth-order valence-corrected chi connectivity index (χ4v) is 2.59. The monoisotopic (exact) mass is 190 g/mol. The van der Waals surface area contributed by atoms with Crippen molar-refractivity contribution in [2.24, 2.45) is 5.41 Å². The van der Waals surface area contributed by atoms with Gasteiger partial charge in [-0.25, -0.2) is 0 Å². The fourth-order valence-electron chi connectivity index (χ4n) is 2.04. The minimum Gasteiger partial charge on any atom is -0.378 e. The van der Waals surface area contributed by atoms with E-state index in [1.54, 1.807) is 0 Å². The van der Waals surface area contributed by atoms with E-state index in [2.05, 4.69) is 13.8 Å². The van der Waals surface area contributed by atoms with E-state index in [4.69, 9.17) is 16.3 Å². The average molecular weight is 191 g/mol. The Morgan fingerprint density at radius 1 is 1.42 bits per heavy atom. The van der Waals surface area contributed by atoms with Gasteiger partial charge in [-0.1, -0.05) is 13.8 Å². The molecule has 0 bridgehead atoms. The molecule has 1 nitrogen and oxygen atoms in total. The third-order valence-electron chi connectivity index (χ3n) is 3.29. The third-order valence-corrected chi connectivity index (χ3v) is 3.82. The van der Waals surface area contributed by atoms with E-state index in [0.717, 1.165) is 25.3 Å². The Bertz CT molecular complexity index is 118. The Morgan fingerprint density at radius 2 is 2.08 bits per heavy atom. The van der Waals surface area contributed by atoms with E-state index >= 15 is 0 Å². The second-order valence-corrected chi connectivity index (χ2v) is 3.97. The van der Waals surface area contributed by atoms with E-state index < -0.39 is 0 Å². The summed E-state index contributed by atoms with van der Waals surface area (Å²) in [4.78, 5) is 0. The highest BCUT2D eigenvalue weighted by Gasteiger charge is 2.37. The number of halogens is 1. The van der Waals surface area contributed by atoms with Crippen molar-refractivity contribution in [3.05, 3.63) is 0 Å². The summed E-state index contributed by atoms with van der Waals surface area (Å²) in [5, 5.41) is 0. The standard InChI is InChI=1S/C10H19ClO/c1-3-10(4-2,8-11)9-6-5-7-12-9/h9H,3-8H2,1-2H3. The first-order chi connectivity index (χ1) is 5.79. The van der Waals surface area contributed by atoms with Crippen molar-refractivity contribution in [1.82, 2.24) is 0 Å². The van der Waals surface area contributed by atoms with Crippen molar-refractivity contribution in [2.45, 2.75) is 45.6 Å². The van der Waals surface area contributed by atoms with Gasteiger partial charge < -0.3 is 4.74 Å². The molecule has 0 spiro atoms. The van der Waals surface area contributed by atoms with Crippen molar-refractivity contribution in [3.8, 4) is 0 Å². The van der Waals surface area contributed by atoms with Crippen LogP contribution in [-0.4, -0.2) is 18.6 Å². The van der Waals surface area contributed by atoms with Gasteiger partial charge in [-0.3, -0.25) is 0 Å². The summed E-state index contributed by atoms with van der Waals surface area (Å²) >= 11 is 6.02. The number of hydrogen-bond acceptors (Lipinski definition) is 1. The zero-order valence-electron chi connectivity index (χ0n) is 8.11. The van der Waals surface area contributed by atoms with Crippen LogP contribution < -0.4 is 0 Å². The largest absolute Gasteiger partial charge is 0.378 e. The lowest BCUT2D eigenvalue weighted by molar-refractivity contribution is 0.00627. The molecule has 2 heteroatoms. The number of hydrogen-bond donors (Lipinski definition) is 0. The number of ether oxygens (including phenoxy) is 1. The minimum atomic E-state index is 0.248. The molecule has 0 aliphatic carbocycles. The van der Waals surface area contributed by atoms with Crippen molar-refractivity contribution in [3.63, 3.8) is 0 Å². The molecule has 1 unspecified atom stereocenters. The van der Waals surface area contributed by atoms with Crippen LogP contribution in [0.5, 0.6) is 0 Å². The van der Waals surface area contributed by atoms with Crippen LogP contribution in [0.15, 0.2) is 0 Å². The molecular weight excluding hydrogens is 172 g/mol. The molecule has 1 aliphatic heterocycles. The molecule has 1 aliphatic rings. The molecule has 0 amide bonds. The number of rotatable bonds is 4. The predicted molar refractivity (Wildman–Crippen MR) is 52.7 cm³/mol. The maximum absolute atomic E-state index is 6.02. The zero-order valence-corrected chi connectivity index (χ0v) is 8.86. The van der Waals surface area contributed by atoms with Crippen LogP contribution in [0.25, 0.3) is 0 Å². The van der Waals surface area contributed by atoms with Crippen molar-refractivity contribution < 1.29 is 4.74 Å². The molecule has 0 aromatic rings. The van der Waals surface area contributed by atoms with Gasteiger partial charge in [0.2, 0.25) is 0 Å². The van der Waals surface area contributed by atoms with Crippen LogP contribution in [0, 0.1) is 5.41 Å². The Labute approximate surface area is 80.4 Å². The molecule has 0 N–H and O–H groups in total. The van der Waals surface area contributed by atoms with Gasteiger partial charge in [0.25, 0.3) is 0 Å². The van der Waals surface area contributed by atoms with Gasteiger partial charge in [-0.15, -0.1) is 11.6 Å². The Kier molecular flexibility index (Phi) is 3.85. The molecule has 1 heterocycles. The first-order valence-corrected chi connectivity index (χ1v) is 5.50. The third kappa shape index (κ3) is 1.77. The van der Waals surface area contributed by atoms with Gasteiger partial charge in [-0.05, 0) is 25.7 Å². The SMILES string of the molecule is CCC(CC)(CCl)C1CCCO1. The van der Waals surface area contributed by atoms with Crippen LogP contribution in [0.2, 0.25) is 0 Å². The van der Waals surface area contributed by atoms with E-state index in [9.17, 15) is 0 Å². The first-order valence-electron chi connectivity index (χ1n) is 4.96. The predicted octanol–water partition coefficient (Wildman–Crippen LogP) is 3.21. The highest BCUT2D eigenvalue weighted by Crippen LogP contribution is 2.38. The lowest BCUT2D eigenvalue weighted by Crippen LogP contribution is -2.35. The molecule has 0 aromatic heterocycles. The molecular formula is C10H19ClO. The maximum atomic E-state index is 6.02. The van der Waals surface area contributed by atoms with E-state index in [-0.39, 0.29) is 5.41 Å². The molecule has 1 rings (SSSR count). The summed E-state index contributed by atoms with van der Waals surface area (Å²) < 4.78 is 5.71.